The normalized spacial score (nSPS) is 12.6. The predicted octanol–water partition coefficient (Wildman–Crippen LogP) is 9.15. The molecule has 1 heterocycles. The van der Waals surface area contributed by atoms with Crippen molar-refractivity contribution in [3.05, 3.63) is 109 Å². The summed E-state index contributed by atoms with van der Waals surface area (Å²) in [6.07, 6.45) is 0. The number of aromatic hydroxyl groups is 2. The largest absolute Gasteiger partial charge is 0.506 e. The molecule has 0 atom stereocenters. The van der Waals surface area contributed by atoms with Gasteiger partial charge in [0.1, 0.15) is 31.9 Å². The van der Waals surface area contributed by atoms with Crippen molar-refractivity contribution in [1.82, 2.24) is 4.98 Å². The molecular weight excluding hydrogens is 821 g/mol. The number of hydrogen-bond donors (Lipinski definition) is 6. The third kappa shape index (κ3) is 8.34. The van der Waals surface area contributed by atoms with Crippen LogP contribution in [0.15, 0.2) is 138 Å². The van der Waals surface area contributed by atoms with E-state index in [9.17, 15) is 49.1 Å². The van der Waals surface area contributed by atoms with Gasteiger partial charge in [-0.15, -0.1) is 21.6 Å². The van der Waals surface area contributed by atoms with E-state index in [4.69, 9.17) is 0 Å². The van der Waals surface area contributed by atoms with E-state index in [1.54, 1.807) is 43.3 Å². The first-order chi connectivity index (χ1) is 26.8. The first-order valence-corrected chi connectivity index (χ1v) is 21.3. The summed E-state index contributed by atoms with van der Waals surface area (Å²) in [7, 11) is -13.9. The van der Waals surface area contributed by atoms with Crippen molar-refractivity contribution < 1.29 is 49.1 Å². The minimum Gasteiger partial charge on any atom is -0.506 e. The number of thiazole rings is 1. The van der Waals surface area contributed by atoms with Gasteiger partial charge in [0.2, 0.25) is 0 Å². The van der Waals surface area contributed by atoms with Crippen LogP contribution in [0.1, 0.15) is 5.56 Å². The van der Waals surface area contributed by atoms with Crippen LogP contribution >= 0.6 is 11.3 Å². The molecule has 1 aromatic heterocycles. The maximum Gasteiger partial charge on any atom is 0.296 e. The second kappa shape index (κ2) is 14.7. The monoisotopic (exact) mass is 846 g/mol. The fourth-order valence-corrected chi connectivity index (χ4v) is 9.17. The lowest BCUT2D eigenvalue weighted by Crippen LogP contribution is -2.00. The summed E-state index contributed by atoms with van der Waals surface area (Å²) in [5.74, 6) is -1.12. The number of phenolic OH excluding ortho intramolecular Hbond substituents is 2. The molecule has 21 heteroatoms. The number of fused-ring (bicyclic) bond motifs is 2. The van der Waals surface area contributed by atoms with Crippen molar-refractivity contribution in [1.29, 1.82) is 0 Å². The molecular formula is C36H26N6O11S4. The van der Waals surface area contributed by atoms with E-state index in [0.717, 1.165) is 17.4 Å². The van der Waals surface area contributed by atoms with Gasteiger partial charge in [-0.2, -0.15) is 35.5 Å². The Balaban J connectivity index is 1.12. The lowest BCUT2D eigenvalue weighted by molar-refractivity contribution is 0.471. The zero-order chi connectivity index (χ0) is 40.9. The zero-order valence-corrected chi connectivity index (χ0v) is 32.1. The summed E-state index contributed by atoms with van der Waals surface area (Å²) < 4.78 is 101. The number of phenols is 2. The van der Waals surface area contributed by atoms with Gasteiger partial charge >= 0.3 is 0 Å². The molecule has 0 aliphatic rings. The Kier molecular flexibility index (Phi) is 10.1. The Labute approximate surface area is 327 Å². The highest BCUT2D eigenvalue weighted by Gasteiger charge is 2.23. The Morgan fingerprint density at radius 1 is 0.667 bits per heavy atom. The highest BCUT2D eigenvalue weighted by atomic mass is 32.2. The molecule has 0 aliphatic heterocycles. The molecule has 0 fully saturated rings. The highest BCUT2D eigenvalue weighted by molar-refractivity contribution is 7.86. The van der Waals surface area contributed by atoms with E-state index in [-0.39, 0.29) is 37.6 Å². The van der Waals surface area contributed by atoms with E-state index in [0.29, 0.717) is 37.7 Å². The van der Waals surface area contributed by atoms with Gasteiger partial charge in [-0.25, -0.2) is 4.98 Å². The predicted molar refractivity (Wildman–Crippen MR) is 211 cm³/mol. The van der Waals surface area contributed by atoms with Gasteiger partial charge in [0.25, 0.3) is 30.4 Å². The first kappa shape index (κ1) is 39.1. The van der Waals surface area contributed by atoms with Crippen molar-refractivity contribution in [2.75, 3.05) is 5.32 Å². The fourth-order valence-electron chi connectivity index (χ4n) is 5.67. The van der Waals surface area contributed by atoms with Crippen molar-refractivity contribution in [2.45, 2.75) is 21.6 Å². The smallest absolute Gasteiger partial charge is 0.296 e. The maximum atomic E-state index is 12.3. The van der Waals surface area contributed by atoms with E-state index in [2.05, 4.69) is 30.8 Å². The third-order valence-corrected chi connectivity index (χ3v) is 12.4. The SMILES string of the molecule is Cc1ccc2nc(-c3ccc(N=Nc4ccc(N=Nc5c(S(=O)(=O)O)cc6ccc(Nc7cccc(S(=O)(=O)O)c7)cc6c5O)c(O)c4)cc3)sc2c1S(=O)(=O)O. The van der Waals surface area contributed by atoms with Crippen LogP contribution in [0.25, 0.3) is 31.6 Å². The zero-order valence-electron chi connectivity index (χ0n) is 28.9. The molecule has 0 radical (unpaired) electrons. The van der Waals surface area contributed by atoms with Crippen LogP contribution in [0.3, 0.4) is 0 Å². The molecule has 290 valence electrons. The molecule has 0 spiro atoms. The number of nitrogens with one attached hydrogen (secondary N) is 1. The molecule has 17 nitrogen and oxygen atoms in total. The van der Waals surface area contributed by atoms with E-state index < -0.39 is 52.4 Å². The number of aryl methyl sites for hydroxylation is 1. The van der Waals surface area contributed by atoms with Crippen LogP contribution in [-0.2, 0) is 30.4 Å². The standard InChI is InChI=1S/C36H26N6O11S4/c1-19-5-13-29-34(35(19)57(51,52)53)54-36(38-29)20-6-9-22(10-7-20)39-40-25-12-14-28(30(43)18-25)41-42-32-31(56(48,49)50)15-21-8-11-24(17-27(21)33(32)44)37-23-3-2-4-26(16-23)55(45,46)47/h2-18,37,43-44H,1H3,(H,45,46,47)(H,48,49,50)(H,51,52,53). The van der Waals surface area contributed by atoms with Gasteiger partial charge in [0, 0.05) is 28.4 Å². The first-order valence-electron chi connectivity index (χ1n) is 16.1. The Bertz CT molecular complexity index is 3170. The lowest BCUT2D eigenvalue weighted by Gasteiger charge is -2.12. The Morgan fingerprint density at radius 3 is 2.05 bits per heavy atom. The van der Waals surface area contributed by atoms with Crippen molar-refractivity contribution in [3.8, 4) is 22.1 Å². The summed E-state index contributed by atoms with van der Waals surface area (Å²) in [5.41, 5.74) is 1.90. The van der Waals surface area contributed by atoms with Crippen LogP contribution in [0.2, 0.25) is 0 Å². The summed E-state index contributed by atoms with van der Waals surface area (Å²) in [4.78, 5) is 3.19. The molecule has 0 unspecified atom stereocenters. The van der Waals surface area contributed by atoms with E-state index in [1.165, 1.54) is 60.7 Å². The third-order valence-electron chi connectivity index (χ3n) is 8.33. The van der Waals surface area contributed by atoms with Gasteiger partial charge in [-0.05, 0) is 96.7 Å². The second-order valence-electron chi connectivity index (χ2n) is 12.3. The summed E-state index contributed by atoms with van der Waals surface area (Å²) in [6, 6.07) is 24.6. The minimum atomic E-state index is -4.95. The Hall–Kier alpha value is -6.20. The van der Waals surface area contributed by atoms with Crippen LogP contribution in [-0.4, -0.2) is 54.1 Å². The van der Waals surface area contributed by atoms with Crippen molar-refractivity contribution in [3.63, 3.8) is 0 Å². The van der Waals surface area contributed by atoms with Gasteiger partial charge in [0.05, 0.1) is 26.5 Å². The van der Waals surface area contributed by atoms with Gasteiger partial charge < -0.3 is 15.5 Å². The number of rotatable bonds is 10. The summed E-state index contributed by atoms with van der Waals surface area (Å²) >= 11 is 1.11. The second-order valence-corrected chi connectivity index (χ2v) is 17.5. The molecule has 0 aliphatic carbocycles. The molecule has 0 saturated carbocycles. The fraction of sp³-hybridized carbons (Fsp3) is 0.0278. The molecule has 7 aromatic rings. The molecule has 6 N–H and O–H groups in total. The van der Waals surface area contributed by atoms with E-state index >= 15 is 0 Å². The average molecular weight is 847 g/mol. The van der Waals surface area contributed by atoms with E-state index in [1.807, 2.05) is 0 Å². The number of azo groups is 2. The molecule has 0 bridgehead atoms. The van der Waals surface area contributed by atoms with Gasteiger partial charge in [-0.3, -0.25) is 13.7 Å². The highest BCUT2D eigenvalue weighted by Crippen LogP contribution is 2.43. The van der Waals surface area contributed by atoms with Crippen molar-refractivity contribution >= 4 is 96.8 Å². The molecule has 0 saturated heterocycles. The van der Waals surface area contributed by atoms with Crippen LogP contribution in [0.5, 0.6) is 11.5 Å². The van der Waals surface area contributed by atoms with Crippen LogP contribution in [0, 0.1) is 6.92 Å². The number of benzene rings is 6. The quantitative estimate of drug-likeness (QED) is 0.0554. The topological polar surface area (TPSA) is 278 Å². The molecule has 0 amide bonds. The lowest BCUT2D eigenvalue weighted by atomic mass is 10.1. The summed E-state index contributed by atoms with van der Waals surface area (Å²) in [6.45, 7) is 1.58. The minimum absolute atomic E-state index is 0.0711. The van der Waals surface area contributed by atoms with Crippen LogP contribution < -0.4 is 5.32 Å². The van der Waals surface area contributed by atoms with Gasteiger partial charge in [-0.1, -0.05) is 18.2 Å². The number of nitrogens with zero attached hydrogens (tertiary/aromatic N) is 5. The number of anilines is 2. The summed E-state index contributed by atoms with van der Waals surface area (Å²) in [5, 5.41) is 41.6. The Morgan fingerprint density at radius 2 is 1.37 bits per heavy atom. The molecule has 7 rings (SSSR count). The maximum absolute atomic E-state index is 12.3. The molecule has 57 heavy (non-hydrogen) atoms. The van der Waals surface area contributed by atoms with Gasteiger partial charge in [0.15, 0.2) is 5.75 Å². The number of aromatic nitrogens is 1. The van der Waals surface area contributed by atoms with Crippen LogP contribution in [0.4, 0.5) is 34.1 Å². The average Bonchev–Trinajstić information content (AvgIpc) is 3.57. The number of hydrogen-bond acceptors (Lipinski definition) is 15. The molecule has 6 aromatic carbocycles. The van der Waals surface area contributed by atoms with Crippen molar-refractivity contribution in [2.24, 2.45) is 20.5 Å².